The summed E-state index contributed by atoms with van der Waals surface area (Å²) >= 11 is 1.18. The second-order valence-corrected chi connectivity index (χ2v) is 10.4. The van der Waals surface area contributed by atoms with Crippen molar-refractivity contribution in [3.8, 4) is 23.6 Å². The molecule has 1 atom stereocenters. The van der Waals surface area contributed by atoms with E-state index in [-0.39, 0.29) is 19.0 Å². The standard InChI is InChI=1S/C22H22N4O3S2/c1-2-12-25-16-23-20(17-8-4-3-5-9-17)21(25)24-22(27)18-10-6-13-26(15-18)31(28,29)19-11-7-14-30-19/h1,3-5,7-9,11,14,16,18H,6,10,12-13,15H2,(H,24,27). The summed E-state index contributed by atoms with van der Waals surface area (Å²) in [6.07, 6.45) is 8.32. The number of carbonyl (C=O) groups is 1. The lowest BCUT2D eigenvalue weighted by Crippen LogP contribution is -2.43. The minimum absolute atomic E-state index is 0.149. The predicted octanol–water partition coefficient (Wildman–Crippen LogP) is 3.28. The maximum atomic E-state index is 13.1. The molecule has 0 aliphatic carbocycles. The monoisotopic (exact) mass is 454 g/mol. The van der Waals surface area contributed by atoms with Crippen LogP contribution in [-0.2, 0) is 21.4 Å². The lowest BCUT2D eigenvalue weighted by molar-refractivity contribution is -0.120. The summed E-state index contributed by atoms with van der Waals surface area (Å²) in [5, 5.41) is 4.70. The van der Waals surface area contributed by atoms with Crippen LogP contribution in [0.5, 0.6) is 0 Å². The van der Waals surface area contributed by atoms with Gasteiger partial charge in [0.25, 0.3) is 10.0 Å². The number of sulfonamides is 1. The second kappa shape index (κ2) is 9.06. The lowest BCUT2D eigenvalue weighted by atomic mass is 9.99. The lowest BCUT2D eigenvalue weighted by Gasteiger charge is -2.30. The Morgan fingerprint density at radius 3 is 2.77 bits per heavy atom. The number of piperidine rings is 1. The highest BCUT2D eigenvalue weighted by molar-refractivity contribution is 7.91. The number of aromatic nitrogens is 2. The number of anilines is 1. The average Bonchev–Trinajstić information content (AvgIpc) is 3.46. The number of nitrogens with one attached hydrogen (secondary N) is 1. The van der Waals surface area contributed by atoms with Crippen molar-refractivity contribution in [1.29, 1.82) is 0 Å². The molecule has 160 valence electrons. The van der Waals surface area contributed by atoms with Crippen LogP contribution in [0.25, 0.3) is 11.3 Å². The second-order valence-electron chi connectivity index (χ2n) is 7.26. The summed E-state index contributed by atoms with van der Waals surface area (Å²) in [6.45, 7) is 0.823. The van der Waals surface area contributed by atoms with Crippen molar-refractivity contribution in [2.45, 2.75) is 23.6 Å². The molecule has 7 nitrogen and oxygen atoms in total. The zero-order chi connectivity index (χ0) is 21.8. The van der Waals surface area contributed by atoms with Crippen LogP contribution in [-0.4, -0.2) is 41.3 Å². The van der Waals surface area contributed by atoms with Crippen LogP contribution in [0.4, 0.5) is 5.82 Å². The summed E-state index contributed by atoms with van der Waals surface area (Å²) in [5.41, 5.74) is 1.49. The predicted molar refractivity (Wildman–Crippen MR) is 121 cm³/mol. The molecule has 1 amide bonds. The number of nitrogens with zero attached hydrogens (tertiary/aromatic N) is 3. The molecule has 9 heteroatoms. The molecule has 1 unspecified atom stereocenters. The van der Waals surface area contributed by atoms with Gasteiger partial charge in [0.2, 0.25) is 5.91 Å². The Kier molecular flexibility index (Phi) is 6.23. The molecule has 3 aromatic rings. The van der Waals surface area contributed by atoms with E-state index < -0.39 is 15.9 Å². The van der Waals surface area contributed by atoms with Crippen molar-refractivity contribution in [3.05, 3.63) is 54.2 Å². The van der Waals surface area contributed by atoms with Crippen molar-refractivity contribution < 1.29 is 13.2 Å². The maximum absolute atomic E-state index is 13.1. The Hall–Kier alpha value is -2.93. The Bertz CT molecular complexity index is 1200. The molecule has 31 heavy (non-hydrogen) atoms. The van der Waals surface area contributed by atoms with E-state index in [1.54, 1.807) is 28.4 Å². The number of terminal acetylenes is 1. The van der Waals surface area contributed by atoms with Crippen molar-refractivity contribution in [2.24, 2.45) is 5.92 Å². The molecule has 3 heterocycles. The van der Waals surface area contributed by atoms with Gasteiger partial charge in [-0.05, 0) is 24.3 Å². The molecular formula is C22H22N4O3S2. The van der Waals surface area contributed by atoms with Crippen molar-refractivity contribution in [1.82, 2.24) is 13.9 Å². The zero-order valence-electron chi connectivity index (χ0n) is 16.8. The van der Waals surface area contributed by atoms with Gasteiger partial charge in [-0.15, -0.1) is 17.8 Å². The molecular weight excluding hydrogens is 432 g/mol. The van der Waals surface area contributed by atoms with Gasteiger partial charge in [0.1, 0.15) is 15.7 Å². The number of carbonyl (C=O) groups excluding carboxylic acids is 1. The van der Waals surface area contributed by atoms with E-state index in [0.29, 0.717) is 35.1 Å². The van der Waals surface area contributed by atoms with Crippen LogP contribution in [0.3, 0.4) is 0 Å². The van der Waals surface area contributed by atoms with E-state index in [2.05, 4.69) is 16.2 Å². The first kappa shape index (κ1) is 21.3. The third kappa shape index (κ3) is 4.42. The zero-order valence-corrected chi connectivity index (χ0v) is 18.4. The molecule has 1 fully saturated rings. The molecule has 1 saturated heterocycles. The number of thiophene rings is 1. The number of benzene rings is 1. The fourth-order valence-electron chi connectivity index (χ4n) is 3.67. The number of hydrogen-bond acceptors (Lipinski definition) is 5. The topological polar surface area (TPSA) is 84.3 Å². The van der Waals surface area contributed by atoms with Crippen LogP contribution in [0.15, 0.2) is 58.4 Å². The van der Waals surface area contributed by atoms with Crippen molar-refractivity contribution >= 4 is 33.1 Å². The summed E-state index contributed by atoms with van der Waals surface area (Å²) in [5.74, 6) is 2.40. The fourth-order valence-corrected chi connectivity index (χ4v) is 6.34. The molecule has 0 bridgehead atoms. The molecule has 1 aliphatic heterocycles. The first-order valence-corrected chi connectivity index (χ1v) is 12.2. The third-order valence-corrected chi connectivity index (χ3v) is 8.47. The smallest absolute Gasteiger partial charge is 0.252 e. The molecule has 0 radical (unpaired) electrons. The van der Waals surface area contributed by atoms with Gasteiger partial charge in [-0.1, -0.05) is 42.3 Å². The first-order valence-electron chi connectivity index (χ1n) is 9.89. The summed E-state index contributed by atoms with van der Waals surface area (Å²) in [7, 11) is -3.59. The molecule has 0 saturated carbocycles. The number of rotatable bonds is 6. The Labute approximate surface area is 185 Å². The highest BCUT2D eigenvalue weighted by Gasteiger charge is 2.34. The van der Waals surface area contributed by atoms with Gasteiger partial charge in [-0.2, -0.15) is 4.31 Å². The molecule has 4 rings (SSSR count). The number of imidazole rings is 1. The maximum Gasteiger partial charge on any atom is 0.252 e. The van der Waals surface area contributed by atoms with Crippen molar-refractivity contribution in [2.75, 3.05) is 18.4 Å². The van der Waals surface area contributed by atoms with E-state index in [1.807, 2.05) is 30.3 Å². The highest BCUT2D eigenvalue weighted by Crippen LogP contribution is 2.30. The Balaban J connectivity index is 1.56. The Morgan fingerprint density at radius 1 is 1.26 bits per heavy atom. The average molecular weight is 455 g/mol. The minimum Gasteiger partial charge on any atom is -0.310 e. The van der Waals surface area contributed by atoms with Gasteiger partial charge in [0, 0.05) is 18.7 Å². The largest absolute Gasteiger partial charge is 0.310 e. The minimum atomic E-state index is -3.59. The van der Waals surface area contributed by atoms with Gasteiger partial charge in [0.05, 0.1) is 18.8 Å². The van der Waals surface area contributed by atoms with Crippen LogP contribution < -0.4 is 5.32 Å². The highest BCUT2D eigenvalue weighted by atomic mass is 32.2. The van der Waals surface area contributed by atoms with E-state index in [9.17, 15) is 13.2 Å². The van der Waals surface area contributed by atoms with Crippen LogP contribution in [0.1, 0.15) is 12.8 Å². The Morgan fingerprint density at radius 2 is 2.06 bits per heavy atom. The quantitative estimate of drug-likeness (QED) is 0.580. The molecule has 1 aromatic carbocycles. The third-order valence-electron chi connectivity index (χ3n) is 5.23. The van der Waals surface area contributed by atoms with Crippen LogP contribution >= 0.6 is 11.3 Å². The van der Waals surface area contributed by atoms with Gasteiger partial charge in [-0.25, -0.2) is 13.4 Å². The van der Waals surface area contributed by atoms with Crippen LogP contribution in [0, 0.1) is 18.3 Å². The molecule has 2 aromatic heterocycles. The van der Waals surface area contributed by atoms with Crippen LogP contribution in [0.2, 0.25) is 0 Å². The normalized spacial score (nSPS) is 17.2. The van der Waals surface area contributed by atoms with E-state index in [1.165, 1.54) is 15.6 Å². The molecule has 0 spiro atoms. The summed E-state index contributed by atoms with van der Waals surface area (Å²) in [6, 6.07) is 12.8. The van der Waals surface area contributed by atoms with E-state index in [0.717, 1.165) is 5.56 Å². The van der Waals surface area contributed by atoms with Gasteiger partial charge >= 0.3 is 0 Å². The van der Waals surface area contributed by atoms with Crippen molar-refractivity contribution in [3.63, 3.8) is 0 Å². The number of amides is 1. The fraction of sp³-hybridized carbons (Fsp3) is 0.273. The van der Waals surface area contributed by atoms with E-state index in [4.69, 9.17) is 6.42 Å². The van der Waals surface area contributed by atoms with Gasteiger partial charge in [-0.3, -0.25) is 4.79 Å². The molecule has 1 N–H and O–H groups in total. The first-order chi connectivity index (χ1) is 15.0. The van der Waals surface area contributed by atoms with E-state index >= 15 is 0 Å². The van der Waals surface area contributed by atoms with Gasteiger partial charge in [0.15, 0.2) is 0 Å². The van der Waals surface area contributed by atoms with Gasteiger partial charge < -0.3 is 9.88 Å². The summed E-state index contributed by atoms with van der Waals surface area (Å²) in [4.78, 5) is 17.6. The SMILES string of the molecule is C#CCn1cnc(-c2ccccc2)c1NC(=O)C1CCCN(S(=O)(=O)c2cccs2)C1. The number of hydrogen-bond donors (Lipinski definition) is 1. The summed E-state index contributed by atoms with van der Waals surface area (Å²) < 4.78 is 29.2. The molecule has 1 aliphatic rings.